The van der Waals surface area contributed by atoms with E-state index in [-0.39, 0.29) is 11.2 Å². The lowest BCUT2D eigenvalue weighted by molar-refractivity contribution is -0.113. The average Bonchev–Trinajstić information content (AvgIpc) is 2.98. The van der Waals surface area contributed by atoms with Gasteiger partial charge in [-0.2, -0.15) is 5.10 Å². The monoisotopic (exact) mass is 425 g/mol. The molecule has 2 aromatic carbocycles. The number of fused-ring (bicyclic) bond motifs is 1. The van der Waals surface area contributed by atoms with E-state index in [2.05, 4.69) is 5.32 Å². The van der Waals surface area contributed by atoms with Gasteiger partial charge < -0.3 is 19.5 Å². The zero-order valence-corrected chi connectivity index (χ0v) is 18.1. The Morgan fingerprint density at radius 3 is 2.40 bits per heavy atom. The van der Waals surface area contributed by atoms with Crippen molar-refractivity contribution in [3.63, 3.8) is 0 Å². The molecule has 0 saturated heterocycles. The van der Waals surface area contributed by atoms with Gasteiger partial charge in [0.1, 0.15) is 23.1 Å². The summed E-state index contributed by atoms with van der Waals surface area (Å²) in [5, 5.41) is 7.67. The van der Waals surface area contributed by atoms with Gasteiger partial charge in [-0.25, -0.2) is 4.68 Å². The van der Waals surface area contributed by atoms with Crippen molar-refractivity contribution < 1.29 is 19.0 Å². The van der Waals surface area contributed by atoms with Crippen molar-refractivity contribution >= 4 is 23.5 Å². The molecule has 3 aromatic rings. The number of aromatic nitrogens is 2. The molecule has 0 spiro atoms. The molecule has 0 radical (unpaired) electrons. The van der Waals surface area contributed by atoms with E-state index in [1.54, 1.807) is 37.8 Å². The quantitative estimate of drug-likeness (QED) is 0.667. The Kier molecular flexibility index (Phi) is 5.59. The lowest BCUT2D eigenvalue weighted by atomic mass is 10.0. The van der Waals surface area contributed by atoms with Crippen molar-refractivity contribution in [3.8, 4) is 22.9 Å². The lowest BCUT2D eigenvalue weighted by Gasteiger charge is -2.19. The SMILES string of the molecule is COc1ccc(-n2nc(C)c3c2NC(=O)CS[C@H]3c2ccc(OC)cc2OC)cc1. The highest BCUT2D eigenvalue weighted by Crippen LogP contribution is 2.47. The first-order valence-corrected chi connectivity index (χ1v) is 10.5. The molecule has 1 aromatic heterocycles. The largest absolute Gasteiger partial charge is 0.497 e. The highest BCUT2D eigenvalue weighted by Gasteiger charge is 2.32. The van der Waals surface area contributed by atoms with Crippen LogP contribution in [0.25, 0.3) is 5.69 Å². The zero-order valence-electron chi connectivity index (χ0n) is 17.3. The number of carbonyl (C=O) groups is 1. The second-order valence-corrected chi connectivity index (χ2v) is 7.90. The summed E-state index contributed by atoms with van der Waals surface area (Å²) in [7, 11) is 4.89. The lowest BCUT2D eigenvalue weighted by Crippen LogP contribution is -2.15. The van der Waals surface area contributed by atoms with Crippen LogP contribution in [-0.2, 0) is 4.79 Å². The predicted molar refractivity (Wildman–Crippen MR) is 117 cm³/mol. The molecule has 1 aliphatic heterocycles. The number of hydrogen-bond donors (Lipinski definition) is 1. The Morgan fingerprint density at radius 1 is 1.03 bits per heavy atom. The molecule has 30 heavy (non-hydrogen) atoms. The second-order valence-electron chi connectivity index (χ2n) is 6.80. The van der Waals surface area contributed by atoms with Crippen molar-refractivity contribution in [2.75, 3.05) is 32.4 Å². The first kappa shape index (κ1) is 20.2. The maximum Gasteiger partial charge on any atom is 0.235 e. The fraction of sp³-hybridized carbons (Fsp3) is 0.273. The summed E-state index contributed by atoms with van der Waals surface area (Å²) in [6, 6.07) is 13.3. The van der Waals surface area contributed by atoms with E-state index in [0.29, 0.717) is 23.1 Å². The van der Waals surface area contributed by atoms with Gasteiger partial charge in [0, 0.05) is 17.2 Å². The Bertz CT molecular complexity index is 1080. The van der Waals surface area contributed by atoms with Crippen LogP contribution in [0.3, 0.4) is 0 Å². The number of ether oxygens (including phenoxy) is 3. The maximum atomic E-state index is 12.5. The summed E-state index contributed by atoms with van der Waals surface area (Å²) in [6.07, 6.45) is 0. The van der Waals surface area contributed by atoms with E-state index in [0.717, 1.165) is 28.3 Å². The summed E-state index contributed by atoms with van der Waals surface area (Å²) in [5.41, 5.74) is 3.62. The van der Waals surface area contributed by atoms with Gasteiger partial charge in [0.2, 0.25) is 5.91 Å². The minimum atomic E-state index is -0.119. The number of nitrogens with zero attached hydrogens (tertiary/aromatic N) is 2. The summed E-state index contributed by atoms with van der Waals surface area (Å²) in [4.78, 5) is 12.5. The van der Waals surface area contributed by atoms with Gasteiger partial charge in [-0.1, -0.05) is 6.07 Å². The normalized spacial score (nSPS) is 15.7. The Balaban J connectivity index is 1.86. The Hall–Kier alpha value is -3.13. The van der Waals surface area contributed by atoms with Crippen LogP contribution in [0.5, 0.6) is 17.2 Å². The van der Waals surface area contributed by atoms with Crippen molar-refractivity contribution in [2.45, 2.75) is 12.2 Å². The molecule has 7 nitrogen and oxygen atoms in total. The molecule has 4 rings (SSSR count). The van der Waals surface area contributed by atoms with Gasteiger partial charge >= 0.3 is 0 Å². The van der Waals surface area contributed by atoms with Crippen LogP contribution in [0.15, 0.2) is 42.5 Å². The van der Waals surface area contributed by atoms with Crippen LogP contribution in [0, 0.1) is 6.92 Å². The van der Waals surface area contributed by atoms with Gasteiger partial charge in [0.25, 0.3) is 0 Å². The van der Waals surface area contributed by atoms with Gasteiger partial charge in [-0.05, 0) is 37.3 Å². The van der Waals surface area contributed by atoms with Crippen molar-refractivity contribution in [2.24, 2.45) is 0 Å². The molecule has 1 aliphatic rings. The first-order valence-electron chi connectivity index (χ1n) is 9.43. The van der Waals surface area contributed by atoms with Crippen molar-refractivity contribution in [1.29, 1.82) is 0 Å². The van der Waals surface area contributed by atoms with E-state index in [1.165, 1.54) is 0 Å². The van der Waals surface area contributed by atoms with Crippen LogP contribution in [0.2, 0.25) is 0 Å². The van der Waals surface area contributed by atoms with E-state index >= 15 is 0 Å². The average molecular weight is 426 g/mol. The summed E-state index contributed by atoms with van der Waals surface area (Å²) >= 11 is 1.55. The molecule has 1 atom stereocenters. The minimum Gasteiger partial charge on any atom is -0.497 e. The molecule has 1 N–H and O–H groups in total. The highest BCUT2D eigenvalue weighted by atomic mass is 32.2. The third-order valence-corrected chi connectivity index (χ3v) is 6.30. The number of anilines is 1. The fourth-order valence-electron chi connectivity index (χ4n) is 3.57. The van der Waals surface area contributed by atoms with Crippen LogP contribution in [0.1, 0.15) is 22.1 Å². The fourth-order valence-corrected chi connectivity index (χ4v) is 4.79. The third kappa shape index (κ3) is 3.59. The van der Waals surface area contributed by atoms with E-state index in [4.69, 9.17) is 19.3 Å². The number of carbonyl (C=O) groups excluding carboxylic acids is 1. The standard InChI is InChI=1S/C22H23N3O4S/c1-13-20-21(17-10-9-16(28-3)11-18(17)29-4)30-12-19(26)23-22(20)25(24-13)14-5-7-15(27-2)8-6-14/h5-11,21H,12H2,1-4H3,(H,23,26)/t21-/m0/s1. The molecule has 0 unspecified atom stereocenters. The Labute approximate surface area is 179 Å². The molecule has 1 amide bonds. The first-order chi connectivity index (χ1) is 14.5. The van der Waals surface area contributed by atoms with Crippen molar-refractivity contribution in [3.05, 3.63) is 59.3 Å². The molecule has 2 heterocycles. The number of hydrogen-bond acceptors (Lipinski definition) is 6. The number of aryl methyl sites for hydroxylation is 1. The topological polar surface area (TPSA) is 74.6 Å². The molecular weight excluding hydrogens is 402 g/mol. The second kappa shape index (κ2) is 8.31. The molecule has 0 bridgehead atoms. The Morgan fingerprint density at radius 2 is 1.73 bits per heavy atom. The van der Waals surface area contributed by atoms with Crippen LogP contribution < -0.4 is 19.5 Å². The van der Waals surface area contributed by atoms with Gasteiger partial charge in [0.15, 0.2) is 0 Å². The number of thioether (sulfide) groups is 1. The highest BCUT2D eigenvalue weighted by molar-refractivity contribution is 8.00. The summed E-state index contributed by atoms with van der Waals surface area (Å²) < 4.78 is 18.0. The smallest absolute Gasteiger partial charge is 0.235 e. The zero-order chi connectivity index (χ0) is 21.3. The maximum absolute atomic E-state index is 12.5. The number of benzene rings is 2. The van der Waals surface area contributed by atoms with E-state index < -0.39 is 0 Å². The van der Waals surface area contributed by atoms with E-state index in [1.807, 2.05) is 49.4 Å². The van der Waals surface area contributed by atoms with Gasteiger partial charge in [0.05, 0.1) is 43.7 Å². The third-order valence-electron chi connectivity index (χ3n) is 5.05. The summed E-state index contributed by atoms with van der Waals surface area (Å²) in [5.74, 6) is 3.13. The summed E-state index contributed by atoms with van der Waals surface area (Å²) in [6.45, 7) is 1.96. The number of methoxy groups -OCH3 is 3. The van der Waals surface area contributed by atoms with Gasteiger partial charge in [-0.3, -0.25) is 4.79 Å². The van der Waals surface area contributed by atoms with Crippen molar-refractivity contribution in [1.82, 2.24) is 9.78 Å². The predicted octanol–water partition coefficient (Wildman–Crippen LogP) is 3.98. The minimum absolute atomic E-state index is 0.0640. The molecule has 8 heteroatoms. The molecular formula is C22H23N3O4S. The molecule has 0 saturated carbocycles. The molecule has 156 valence electrons. The van der Waals surface area contributed by atoms with Crippen LogP contribution in [0.4, 0.5) is 5.82 Å². The number of rotatable bonds is 5. The molecule has 0 aliphatic carbocycles. The van der Waals surface area contributed by atoms with Crippen LogP contribution >= 0.6 is 11.8 Å². The van der Waals surface area contributed by atoms with Gasteiger partial charge in [-0.15, -0.1) is 11.8 Å². The number of amides is 1. The number of nitrogens with one attached hydrogen (secondary N) is 1. The van der Waals surface area contributed by atoms with Crippen LogP contribution in [-0.4, -0.2) is 42.8 Å². The van der Waals surface area contributed by atoms with E-state index in [9.17, 15) is 4.79 Å². The molecule has 0 fully saturated rings.